The first kappa shape index (κ1) is 30.7. The molecule has 1 aromatic heterocycles. The highest BCUT2D eigenvalue weighted by Gasteiger charge is 2.32. The van der Waals surface area contributed by atoms with Crippen molar-refractivity contribution in [1.82, 2.24) is 20.9 Å². The van der Waals surface area contributed by atoms with E-state index in [1.54, 1.807) is 30.5 Å². The Hall–Kier alpha value is -4.50. The van der Waals surface area contributed by atoms with E-state index < -0.39 is 72.3 Å². The Labute approximate surface area is 222 Å². The van der Waals surface area contributed by atoms with Gasteiger partial charge in [-0.05, 0) is 25.0 Å². The van der Waals surface area contributed by atoms with Crippen LogP contribution in [0.5, 0.6) is 0 Å². The van der Waals surface area contributed by atoms with Crippen LogP contribution in [0.25, 0.3) is 10.9 Å². The molecule has 0 aliphatic heterocycles. The van der Waals surface area contributed by atoms with Crippen molar-refractivity contribution in [1.29, 1.82) is 0 Å². The van der Waals surface area contributed by atoms with Crippen LogP contribution in [0.1, 0.15) is 31.7 Å². The molecule has 2 rings (SSSR count). The van der Waals surface area contributed by atoms with E-state index in [0.717, 1.165) is 10.9 Å². The number of hydrogen-bond acceptors (Lipinski definition) is 8. The molecule has 0 bridgehead atoms. The Morgan fingerprint density at radius 2 is 1.51 bits per heavy atom. The fourth-order valence-electron chi connectivity index (χ4n) is 3.69. The molecule has 0 radical (unpaired) electrons. The number of amides is 4. The number of aromatic amines is 1. The van der Waals surface area contributed by atoms with Gasteiger partial charge in [0.25, 0.3) is 0 Å². The number of rotatable bonds is 15. The zero-order valence-electron chi connectivity index (χ0n) is 21.0. The Morgan fingerprint density at radius 3 is 2.10 bits per heavy atom. The van der Waals surface area contributed by atoms with Crippen LogP contribution in [0.2, 0.25) is 0 Å². The van der Waals surface area contributed by atoms with E-state index in [9.17, 15) is 44.1 Å². The minimum Gasteiger partial charge on any atom is -0.481 e. The number of aliphatic carboxylic acids is 2. The number of H-pyrrole nitrogens is 1. The SMILES string of the molecule is CC(O)C(N)C(=O)NC(CC(=O)O)C(=O)NC(CCC(N)=O)C(=O)NC(Cc1c[nH]c2ccccc12)C(=O)O. The van der Waals surface area contributed by atoms with Gasteiger partial charge in [0.15, 0.2) is 0 Å². The van der Waals surface area contributed by atoms with E-state index in [1.165, 1.54) is 6.92 Å². The van der Waals surface area contributed by atoms with Crippen LogP contribution in [0.15, 0.2) is 30.5 Å². The van der Waals surface area contributed by atoms with E-state index >= 15 is 0 Å². The van der Waals surface area contributed by atoms with Crippen LogP contribution in [-0.2, 0) is 35.2 Å². The van der Waals surface area contributed by atoms with E-state index in [4.69, 9.17) is 11.5 Å². The van der Waals surface area contributed by atoms with Gasteiger partial charge >= 0.3 is 11.9 Å². The number of carboxylic acid groups (broad SMARTS) is 2. The van der Waals surface area contributed by atoms with Gasteiger partial charge in [-0.25, -0.2) is 4.79 Å². The molecule has 0 aliphatic carbocycles. The van der Waals surface area contributed by atoms with Gasteiger partial charge in [0.2, 0.25) is 23.6 Å². The molecule has 39 heavy (non-hydrogen) atoms. The maximum Gasteiger partial charge on any atom is 0.326 e. The Balaban J connectivity index is 2.22. The van der Waals surface area contributed by atoms with Crippen molar-refractivity contribution in [3.63, 3.8) is 0 Å². The molecule has 5 unspecified atom stereocenters. The predicted molar refractivity (Wildman–Crippen MR) is 136 cm³/mol. The third-order valence-electron chi connectivity index (χ3n) is 5.86. The van der Waals surface area contributed by atoms with Crippen LogP contribution in [0.4, 0.5) is 0 Å². The monoisotopic (exact) mass is 548 g/mol. The summed E-state index contributed by atoms with van der Waals surface area (Å²) < 4.78 is 0. The lowest BCUT2D eigenvalue weighted by atomic mass is 10.0. The molecule has 0 fully saturated rings. The van der Waals surface area contributed by atoms with Crippen LogP contribution >= 0.6 is 0 Å². The van der Waals surface area contributed by atoms with E-state index in [1.807, 2.05) is 0 Å². The molecule has 15 heteroatoms. The maximum atomic E-state index is 13.1. The van der Waals surface area contributed by atoms with Crippen molar-refractivity contribution in [3.8, 4) is 0 Å². The molecule has 1 heterocycles. The lowest BCUT2D eigenvalue weighted by molar-refractivity contribution is -0.143. The van der Waals surface area contributed by atoms with Gasteiger partial charge in [-0.3, -0.25) is 24.0 Å². The summed E-state index contributed by atoms with van der Waals surface area (Å²) in [7, 11) is 0. The van der Waals surface area contributed by atoms with Crippen molar-refractivity contribution >= 4 is 46.5 Å². The van der Waals surface area contributed by atoms with Gasteiger partial charge in [-0.2, -0.15) is 0 Å². The standard InChI is InChI=1S/C24H32N6O9/c1-11(31)20(26)23(37)29-16(9-19(33)34)22(36)28-15(6-7-18(25)32)21(35)30-17(24(38)39)8-12-10-27-14-5-3-2-4-13(12)14/h2-5,10-11,15-17,20,27,31H,6-9,26H2,1H3,(H2,25,32)(H,28,36)(H,29,37)(H,30,35)(H,33,34)(H,38,39). The zero-order valence-corrected chi connectivity index (χ0v) is 21.0. The summed E-state index contributed by atoms with van der Waals surface area (Å²) in [4.78, 5) is 75.7. The summed E-state index contributed by atoms with van der Waals surface area (Å²) in [5, 5.41) is 35.8. The quantitative estimate of drug-likeness (QED) is 0.115. The normalized spacial score (nSPS) is 14.8. The van der Waals surface area contributed by atoms with Crippen molar-refractivity contribution in [3.05, 3.63) is 36.0 Å². The number of carboxylic acids is 2. The number of aliphatic hydroxyl groups excluding tert-OH is 1. The largest absolute Gasteiger partial charge is 0.481 e. The third-order valence-corrected chi connectivity index (χ3v) is 5.86. The number of aromatic nitrogens is 1. The van der Waals surface area contributed by atoms with E-state index in [-0.39, 0.29) is 19.3 Å². The van der Waals surface area contributed by atoms with Crippen LogP contribution in [0.3, 0.4) is 0 Å². The molecule has 212 valence electrons. The molecular formula is C24H32N6O9. The molecule has 15 nitrogen and oxygen atoms in total. The first-order chi connectivity index (χ1) is 18.3. The number of nitrogens with one attached hydrogen (secondary N) is 4. The van der Waals surface area contributed by atoms with Crippen LogP contribution in [-0.4, -0.2) is 86.1 Å². The summed E-state index contributed by atoms with van der Waals surface area (Å²) in [5.74, 6) is -6.75. The van der Waals surface area contributed by atoms with Gasteiger partial charge < -0.3 is 47.7 Å². The molecule has 11 N–H and O–H groups in total. The number of fused-ring (bicyclic) bond motifs is 1. The second-order valence-corrected chi connectivity index (χ2v) is 8.95. The number of aliphatic hydroxyl groups is 1. The number of para-hydroxylation sites is 1. The molecular weight excluding hydrogens is 516 g/mol. The maximum absolute atomic E-state index is 13.1. The van der Waals surface area contributed by atoms with Crippen molar-refractivity contribution in [2.75, 3.05) is 0 Å². The molecule has 2 aromatic rings. The minimum atomic E-state index is -1.70. The van der Waals surface area contributed by atoms with E-state index in [2.05, 4.69) is 20.9 Å². The lowest BCUT2D eigenvalue weighted by Gasteiger charge is -2.25. The summed E-state index contributed by atoms with van der Waals surface area (Å²) in [6.45, 7) is 1.22. The predicted octanol–water partition coefficient (Wildman–Crippen LogP) is -2.30. The summed E-state index contributed by atoms with van der Waals surface area (Å²) in [5.41, 5.74) is 12.1. The highest BCUT2D eigenvalue weighted by atomic mass is 16.4. The molecule has 1 aromatic carbocycles. The van der Waals surface area contributed by atoms with Gasteiger partial charge in [-0.1, -0.05) is 18.2 Å². The second kappa shape index (κ2) is 13.9. The average Bonchev–Trinajstić information content (AvgIpc) is 3.27. The molecule has 5 atom stereocenters. The number of carbonyl (C=O) groups is 6. The average molecular weight is 549 g/mol. The fraction of sp³-hybridized carbons (Fsp3) is 0.417. The number of benzene rings is 1. The van der Waals surface area contributed by atoms with Gasteiger partial charge in [0.1, 0.15) is 24.2 Å². The zero-order chi connectivity index (χ0) is 29.3. The Bertz CT molecular complexity index is 1230. The minimum absolute atomic E-state index is 0.115. The topological polar surface area (TPSA) is 267 Å². The molecule has 4 amide bonds. The smallest absolute Gasteiger partial charge is 0.326 e. The molecule has 0 saturated carbocycles. The van der Waals surface area contributed by atoms with Crippen LogP contribution in [0, 0.1) is 0 Å². The van der Waals surface area contributed by atoms with Crippen LogP contribution < -0.4 is 27.4 Å². The Kier molecular flexibility index (Phi) is 10.9. The first-order valence-electron chi connectivity index (χ1n) is 11.9. The van der Waals surface area contributed by atoms with Gasteiger partial charge in [0, 0.05) is 29.9 Å². The van der Waals surface area contributed by atoms with Gasteiger partial charge in [0.05, 0.1) is 12.5 Å². The highest BCUT2D eigenvalue weighted by molar-refractivity contribution is 5.96. The Morgan fingerprint density at radius 1 is 0.923 bits per heavy atom. The van der Waals surface area contributed by atoms with Crippen molar-refractivity contribution < 1.29 is 44.1 Å². The third kappa shape index (κ3) is 9.08. The fourth-order valence-corrected chi connectivity index (χ4v) is 3.69. The molecule has 0 spiro atoms. The summed E-state index contributed by atoms with van der Waals surface area (Å²) in [6, 6.07) is 1.03. The summed E-state index contributed by atoms with van der Waals surface area (Å²) in [6.07, 6.45) is -1.42. The van der Waals surface area contributed by atoms with Crippen molar-refractivity contribution in [2.24, 2.45) is 11.5 Å². The first-order valence-corrected chi connectivity index (χ1v) is 11.9. The second-order valence-electron chi connectivity index (χ2n) is 8.95. The van der Waals surface area contributed by atoms with Gasteiger partial charge in [-0.15, -0.1) is 0 Å². The lowest BCUT2D eigenvalue weighted by Crippen LogP contribution is -2.58. The number of primary amides is 1. The number of hydrogen-bond donors (Lipinski definition) is 9. The summed E-state index contributed by atoms with van der Waals surface area (Å²) >= 11 is 0. The molecule has 0 aliphatic rings. The highest BCUT2D eigenvalue weighted by Crippen LogP contribution is 2.19. The number of nitrogens with two attached hydrogens (primary N) is 2. The van der Waals surface area contributed by atoms with Crippen molar-refractivity contribution in [2.45, 2.75) is 62.9 Å². The van der Waals surface area contributed by atoms with E-state index in [0.29, 0.717) is 5.56 Å². The molecule has 0 saturated heterocycles. The number of carbonyl (C=O) groups excluding carboxylic acids is 4.